The van der Waals surface area contributed by atoms with Crippen molar-refractivity contribution in [3.63, 3.8) is 0 Å². The van der Waals surface area contributed by atoms with E-state index in [4.69, 9.17) is 0 Å². The third kappa shape index (κ3) is 2.57. The highest BCUT2D eigenvalue weighted by Crippen LogP contribution is 2.43. The Morgan fingerprint density at radius 3 is 2.26 bits per heavy atom. The fourth-order valence-electron chi connectivity index (χ4n) is 3.28. The van der Waals surface area contributed by atoms with E-state index in [1.807, 2.05) is 0 Å². The van der Waals surface area contributed by atoms with E-state index in [9.17, 15) is 10.2 Å². The smallest absolute Gasteiger partial charge is 0.124 e. The van der Waals surface area contributed by atoms with Gasteiger partial charge in [0.15, 0.2) is 0 Å². The Labute approximate surface area is 115 Å². The molecule has 0 bridgehead atoms. The molecular formula is C16H25NO2. The summed E-state index contributed by atoms with van der Waals surface area (Å²) in [5, 5.41) is 20.0. The lowest BCUT2D eigenvalue weighted by Gasteiger charge is -2.30. The maximum absolute atomic E-state index is 9.98. The first kappa shape index (κ1) is 14.2. The van der Waals surface area contributed by atoms with Crippen molar-refractivity contribution in [2.45, 2.75) is 46.1 Å². The lowest BCUT2D eigenvalue weighted by Crippen LogP contribution is -2.28. The average Bonchev–Trinajstić information content (AvgIpc) is 2.83. The highest BCUT2D eigenvalue weighted by atomic mass is 16.3. The molecule has 0 saturated carbocycles. The van der Waals surface area contributed by atoms with E-state index in [-0.39, 0.29) is 17.5 Å². The van der Waals surface area contributed by atoms with Crippen molar-refractivity contribution in [1.29, 1.82) is 0 Å². The quantitative estimate of drug-likeness (QED) is 0.871. The molecule has 1 atom stereocenters. The minimum Gasteiger partial charge on any atom is -0.507 e. The maximum Gasteiger partial charge on any atom is 0.124 e. The Balaban J connectivity index is 2.20. The van der Waals surface area contributed by atoms with Crippen molar-refractivity contribution in [3.8, 4) is 11.5 Å². The molecule has 1 fully saturated rings. The first-order valence-electron chi connectivity index (χ1n) is 7.28. The monoisotopic (exact) mass is 263 g/mol. The summed E-state index contributed by atoms with van der Waals surface area (Å²) in [6, 6.07) is 5.03. The predicted molar refractivity (Wildman–Crippen MR) is 77.4 cm³/mol. The van der Waals surface area contributed by atoms with Crippen molar-refractivity contribution in [2.75, 3.05) is 13.1 Å². The van der Waals surface area contributed by atoms with Gasteiger partial charge < -0.3 is 10.2 Å². The maximum atomic E-state index is 9.98. The Kier molecular flexibility index (Phi) is 4.04. The van der Waals surface area contributed by atoms with Crippen LogP contribution in [0.5, 0.6) is 11.5 Å². The van der Waals surface area contributed by atoms with Crippen LogP contribution in [0.4, 0.5) is 0 Å². The minimum atomic E-state index is 0.0566. The minimum absolute atomic E-state index is 0.0566. The normalized spacial score (nSPS) is 20.6. The zero-order valence-corrected chi connectivity index (χ0v) is 12.2. The lowest BCUT2D eigenvalue weighted by molar-refractivity contribution is 0.199. The topological polar surface area (TPSA) is 43.7 Å². The zero-order chi connectivity index (χ0) is 14.0. The molecule has 1 saturated heterocycles. The van der Waals surface area contributed by atoms with Crippen LogP contribution in [0.2, 0.25) is 0 Å². The van der Waals surface area contributed by atoms with E-state index in [0.717, 1.165) is 13.1 Å². The molecule has 1 aliphatic heterocycles. The molecule has 3 nitrogen and oxygen atoms in total. The number of aromatic hydroxyl groups is 2. The summed E-state index contributed by atoms with van der Waals surface area (Å²) < 4.78 is 0. The van der Waals surface area contributed by atoms with Crippen molar-refractivity contribution in [3.05, 3.63) is 23.8 Å². The van der Waals surface area contributed by atoms with Gasteiger partial charge in [-0.15, -0.1) is 0 Å². The summed E-state index contributed by atoms with van der Waals surface area (Å²) >= 11 is 0. The molecule has 0 amide bonds. The van der Waals surface area contributed by atoms with Crippen LogP contribution in [-0.4, -0.2) is 28.2 Å². The van der Waals surface area contributed by atoms with Crippen LogP contribution >= 0.6 is 0 Å². The van der Waals surface area contributed by atoms with Crippen molar-refractivity contribution in [2.24, 2.45) is 5.41 Å². The van der Waals surface area contributed by atoms with Crippen LogP contribution in [0.1, 0.15) is 51.6 Å². The number of likely N-dealkylation sites (tertiary alicyclic amines) is 1. The molecule has 2 rings (SSSR count). The second-order valence-electron chi connectivity index (χ2n) is 5.81. The Bertz CT molecular complexity index is 420. The molecule has 0 aliphatic carbocycles. The van der Waals surface area contributed by atoms with Gasteiger partial charge in [0, 0.05) is 12.6 Å². The van der Waals surface area contributed by atoms with Gasteiger partial charge in [0.25, 0.3) is 0 Å². The molecule has 1 aromatic rings. The molecule has 2 N–H and O–H groups in total. The van der Waals surface area contributed by atoms with Crippen LogP contribution in [0.15, 0.2) is 18.2 Å². The molecule has 0 radical (unpaired) electrons. The largest absolute Gasteiger partial charge is 0.507 e. The number of phenolic OH excluding ortho intramolecular Hbond substituents is 2. The highest BCUT2D eigenvalue weighted by Gasteiger charge is 2.37. The molecule has 1 aliphatic rings. The molecule has 1 aromatic carbocycles. The Hall–Kier alpha value is -1.22. The van der Waals surface area contributed by atoms with Gasteiger partial charge in [-0.25, -0.2) is 0 Å². The molecular weight excluding hydrogens is 238 g/mol. The second-order valence-corrected chi connectivity index (χ2v) is 5.81. The van der Waals surface area contributed by atoms with Gasteiger partial charge in [0.2, 0.25) is 0 Å². The third-order valence-corrected chi connectivity index (χ3v) is 4.99. The SMILES string of the molecule is CCC1(CC)CCN(C(C)c2c(O)cccc2O)C1. The number of hydrogen-bond acceptors (Lipinski definition) is 3. The van der Waals surface area contributed by atoms with Crippen molar-refractivity contribution < 1.29 is 10.2 Å². The van der Waals surface area contributed by atoms with Crippen LogP contribution in [0.25, 0.3) is 0 Å². The Morgan fingerprint density at radius 2 is 1.79 bits per heavy atom. The van der Waals surface area contributed by atoms with Crippen LogP contribution in [0, 0.1) is 5.41 Å². The fourth-order valence-corrected chi connectivity index (χ4v) is 3.28. The molecule has 0 spiro atoms. The number of hydrogen-bond donors (Lipinski definition) is 2. The first-order valence-corrected chi connectivity index (χ1v) is 7.28. The molecule has 3 heteroatoms. The lowest BCUT2D eigenvalue weighted by atomic mass is 9.82. The first-order chi connectivity index (χ1) is 9.03. The van der Waals surface area contributed by atoms with Gasteiger partial charge in [-0.1, -0.05) is 19.9 Å². The number of rotatable bonds is 4. The standard InChI is InChI=1S/C16H25NO2/c1-4-16(5-2)9-10-17(11-16)12(3)15-13(18)7-6-8-14(15)19/h6-8,12,18-19H,4-5,9-11H2,1-3H3. The van der Waals surface area contributed by atoms with E-state index >= 15 is 0 Å². The Morgan fingerprint density at radius 1 is 1.21 bits per heavy atom. The van der Waals surface area contributed by atoms with Gasteiger partial charge in [0.05, 0.1) is 5.56 Å². The second kappa shape index (κ2) is 5.41. The van der Waals surface area contributed by atoms with E-state index < -0.39 is 0 Å². The molecule has 1 heterocycles. The molecule has 1 unspecified atom stereocenters. The molecule has 19 heavy (non-hydrogen) atoms. The van der Waals surface area contributed by atoms with Gasteiger partial charge >= 0.3 is 0 Å². The summed E-state index contributed by atoms with van der Waals surface area (Å²) in [6.45, 7) is 8.67. The third-order valence-electron chi connectivity index (χ3n) is 4.99. The molecule has 106 valence electrons. The van der Waals surface area contributed by atoms with Gasteiger partial charge in [-0.2, -0.15) is 0 Å². The average molecular weight is 263 g/mol. The number of phenols is 2. The predicted octanol–water partition coefficient (Wildman–Crippen LogP) is 3.67. The van der Waals surface area contributed by atoms with Crippen molar-refractivity contribution in [1.82, 2.24) is 4.90 Å². The van der Waals surface area contributed by atoms with E-state index in [0.29, 0.717) is 11.0 Å². The van der Waals surface area contributed by atoms with Gasteiger partial charge in [-0.05, 0) is 50.3 Å². The summed E-state index contributed by atoms with van der Waals surface area (Å²) in [5.41, 5.74) is 1.07. The van der Waals surface area contributed by atoms with Crippen LogP contribution in [0.3, 0.4) is 0 Å². The van der Waals surface area contributed by atoms with Crippen LogP contribution < -0.4 is 0 Å². The van der Waals surface area contributed by atoms with Gasteiger partial charge in [0.1, 0.15) is 11.5 Å². The van der Waals surface area contributed by atoms with E-state index in [1.165, 1.54) is 19.3 Å². The highest BCUT2D eigenvalue weighted by molar-refractivity contribution is 5.45. The van der Waals surface area contributed by atoms with Crippen LogP contribution in [-0.2, 0) is 0 Å². The molecule has 0 aromatic heterocycles. The summed E-state index contributed by atoms with van der Waals surface area (Å²) in [4.78, 5) is 2.38. The summed E-state index contributed by atoms with van der Waals surface area (Å²) in [5.74, 6) is 0.385. The van der Waals surface area contributed by atoms with E-state index in [2.05, 4.69) is 25.7 Å². The van der Waals surface area contributed by atoms with E-state index in [1.54, 1.807) is 18.2 Å². The van der Waals surface area contributed by atoms with Crippen molar-refractivity contribution >= 4 is 0 Å². The fraction of sp³-hybridized carbons (Fsp3) is 0.625. The number of nitrogens with zero attached hydrogens (tertiary/aromatic N) is 1. The summed E-state index contributed by atoms with van der Waals surface area (Å²) in [7, 11) is 0. The summed E-state index contributed by atoms with van der Waals surface area (Å²) in [6.07, 6.45) is 3.59. The zero-order valence-electron chi connectivity index (χ0n) is 12.2. The van der Waals surface area contributed by atoms with Gasteiger partial charge in [-0.3, -0.25) is 4.90 Å². The number of benzene rings is 1.